The number of aromatic nitrogens is 1. The van der Waals surface area contributed by atoms with Crippen LogP contribution in [0, 0.1) is 16.7 Å². The van der Waals surface area contributed by atoms with E-state index in [9.17, 15) is 10.4 Å². The van der Waals surface area contributed by atoms with Gasteiger partial charge in [0, 0.05) is 15.1 Å². The van der Waals surface area contributed by atoms with E-state index in [1.165, 1.54) is 0 Å². The maximum atomic E-state index is 10.5. The summed E-state index contributed by atoms with van der Waals surface area (Å²) in [4.78, 5) is 4.25. The number of aliphatic hydroxyl groups is 1. The summed E-state index contributed by atoms with van der Waals surface area (Å²) in [7, 11) is 0. The van der Waals surface area contributed by atoms with Gasteiger partial charge in [0.05, 0.1) is 17.2 Å². The quantitative estimate of drug-likeness (QED) is 0.848. The fourth-order valence-corrected chi connectivity index (χ4v) is 3.72. The van der Waals surface area contributed by atoms with Crippen molar-refractivity contribution in [2.45, 2.75) is 38.2 Å². The van der Waals surface area contributed by atoms with Crippen molar-refractivity contribution in [3.63, 3.8) is 0 Å². The van der Waals surface area contributed by atoms with E-state index in [1.54, 1.807) is 6.20 Å². The molecule has 0 radical (unpaired) electrons. The first-order chi connectivity index (χ1) is 8.59. The lowest BCUT2D eigenvalue weighted by molar-refractivity contribution is 0.0322. The molecule has 96 valence electrons. The Kier molecular flexibility index (Phi) is 4.41. The Bertz CT molecular complexity index is 478. The van der Waals surface area contributed by atoms with E-state index in [1.807, 2.05) is 6.07 Å². The van der Waals surface area contributed by atoms with E-state index in [2.05, 4.69) is 42.9 Å². The van der Waals surface area contributed by atoms with Gasteiger partial charge in [-0.3, -0.25) is 4.98 Å². The number of hydrogen-bond acceptors (Lipinski definition) is 3. The van der Waals surface area contributed by atoms with Crippen molar-refractivity contribution in [2.24, 2.45) is 5.41 Å². The van der Waals surface area contributed by atoms with Crippen molar-refractivity contribution in [1.82, 2.24) is 4.98 Å². The van der Waals surface area contributed by atoms with Crippen molar-refractivity contribution < 1.29 is 5.11 Å². The van der Waals surface area contributed by atoms with Crippen molar-refractivity contribution in [3.8, 4) is 6.07 Å². The SMILES string of the molecule is N#CC1(C(O)c2ncc(Br)cc2Br)CCCCC1. The molecule has 1 atom stereocenters. The van der Waals surface area contributed by atoms with Crippen LogP contribution in [0.5, 0.6) is 0 Å². The summed E-state index contributed by atoms with van der Waals surface area (Å²) in [5, 5.41) is 20.0. The van der Waals surface area contributed by atoms with Gasteiger partial charge in [0.25, 0.3) is 0 Å². The van der Waals surface area contributed by atoms with Crippen molar-refractivity contribution >= 4 is 31.9 Å². The highest BCUT2D eigenvalue weighted by Crippen LogP contribution is 2.46. The molecule has 0 spiro atoms. The minimum absolute atomic E-state index is 0.557. The van der Waals surface area contributed by atoms with Gasteiger partial charge in [-0.1, -0.05) is 19.3 Å². The highest BCUT2D eigenvalue weighted by atomic mass is 79.9. The summed E-state index contributed by atoms with van der Waals surface area (Å²) in [6.45, 7) is 0. The third-order valence-corrected chi connectivity index (χ3v) is 4.66. The Morgan fingerprint density at radius 3 is 2.56 bits per heavy atom. The predicted molar refractivity (Wildman–Crippen MR) is 75.7 cm³/mol. The van der Waals surface area contributed by atoms with Crippen LogP contribution in [0.2, 0.25) is 0 Å². The summed E-state index contributed by atoms with van der Waals surface area (Å²) >= 11 is 6.74. The van der Waals surface area contributed by atoms with Crippen LogP contribution in [0.25, 0.3) is 0 Å². The van der Waals surface area contributed by atoms with Gasteiger partial charge < -0.3 is 5.11 Å². The number of pyridine rings is 1. The molecule has 0 amide bonds. The molecule has 1 unspecified atom stereocenters. The zero-order chi connectivity index (χ0) is 13.2. The van der Waals surface area contributed by atoms with Crippen LogP contribution >= 0.6 is 31.9 Å². The fourth-order valence-electron chi connectivity index (χ4n) is 2.52. The molecule has 0 saturated heterocycles. The molecular formula is C13H14Br2N2O. The lowest BCUT2D eigenvalue weighted by Crippen LogP contribution is -2.30. The number of nitrogens with zero attached hydrogens (tertiary/aromatic N) is 2. The smallest absolute Gasteiger partial charge is 0.116 e. The maximum absolute atomic E-state index is 10.5. The summed E-state index contributed by atoms with van der Waals surface area (Å²) in [6, 6.07) is 4.18. The average molecular weight is 374 g/mol. The van der Waals surface area contributed by atoms with Crippen LogP contribution in [0.3, 0.4) is 0 Å². The molecule has 1 aromatic heterocycles. The summed E-state index contributed by atoms with van der Waals surface area (Å²) in [5.74, 6) is 0. The molecule has 1 saturated carbocycles. The Balaban J connectivity index is 2.34. The highest BCUT2D eigenvalue weighted by Gasteiger charge is 2.41. The molecule has 1 aliphatic carbocycles. The summed E-state index contributed by atoms with van der Waals surface area (Å²) < 4.78 is 1.59. The van der Waals surface area contributed by atoms with Gasteiger partial charge in [0.15, 0.2) is 0 Å². The second-order valence-corrected chi connectivity index (χ2v) is 6.52. The third kappa shape index (κ3) is 2.61. The Morgan fingerprint density at radius 2 is 2.00 bits per heavy atom. The van der Waals surface area contributed by atoms with Gasteiger partial charge in [-0.05, 0) is 50.8 Å². The molecular weight excluding hydrogens is 360 g/mol. The lowest BCUT2D eigenvalue weighted by atomic mass is 9.70. The van der Waals surface area contributed by atoms with Crippen molar-refractivity contribution in [3.05, 3.63) is 26.9 Å². The largest absolute Gasteiger partial charge is 0.385 e. The fraction of sp³-hybridized carbons (Fsp3) is 0.538. The van der Waals surface area contributed by atoms with Crippen LogP contribution in [0.1, 0.15) is 43.9 Å². The van der Waals surface area contributed by atoms with Gasteiger partial charge in [-0.2, -0.15) is 5.26 Å². The summed E-state index contributed by atoms with van der Waals surface area (Å²) in [6.07, 6.45) is 5.45. The standard InChI is InChI=1S/C13H14Br2N2O/c14-9-6-10(15)11(17-7-9)12(18)13(8-16)4-2-1-3-5-13/h6-7,12,18H,1-5H2. The molecule has 3 nitrogen and oxygen atoms in total. The zero-order valence-corrected chi connectivity index (χ0v) is 13.0. The van der Waals surface area contributed by atoms with Crippen LogP contribution in [-0.2, 0) is 0 Å². The molecule has 18 heavy (non-hydrogen) atoms. The topological polar surface area (TPSA) is 56.9 Å². The first-order valence-corrected chi connectivity index (χ1v) is 7.58. The van der Waals surface area contributed by atoms with Crippen LogP contribution in [0.4, 0.5) is 0 Å². The molecule has 1 N–H and O–H groups in total. The number of halogens is 2. The molecule has 1 heterocycles. The van der Waals surface area contributed by atoms with Crippen LogP contribution in [0.15, 0.2) is 21.2 Å². The maximum Gasteiger partial charge on any atom is 0.116 e. The molecule has 1 fully saturated rings. The van der Waals surface area contributed by atoms with Gasteiger partial charge in [-0.25, -0.2) is 0 Å². The Hall–Kier alpha value is -0.440. The summed E-state index contributed by atoms with van der Waals surface area (Å²) in [5.41, 5.74) is -0.122. The average Bonchev–Trinajstić information content (AvgIpc) is 2.39. The minimum Gasteiger partial charge on any atom is -0.385 e. The first kappa shape index (κ1) is 14.0. The number of rotatable bonds is 2. The molecule has 5 heteroatoms. The second kappa shape index (κ2) is 5.68. The van der Waals surface area contributed by atoms with Gasteiger partial charge in [0.1, 0.15) is 6.10 Å². The number of aliphatic hydroxyl groups excluding tert-OH is 1. The normalized spacial score (nSPS) is 20.1. The molecule has 0 bridgehead atoms. The number of nitriles is 1. The van der Waals surface area contributed by atoms with Gasteiger partial charge in [-0.15, -0.1) is 0 Å². The third-order valence-electron chi connectivity index (χ3n) is 3.59. The number of hydrogen-bond donors (Lipinski definition) is 1. The van der Waals surface area contributed by atoms with E-state index < -0.39 is 11.5 Å². The van der Waals surface area contributed by atoms with Crippen molar-refractivity contribution in [1.29, 1.82) is 5.26 Å². The molecule has 0 aromatic carbocycles. The zero-order valence-electron chi connectivity index (χ0n) is 9.87. The first-order valence-electron chi connectivity index (χ1n) is 5.99. The monoisotopic (exact) mass is 372 g/mol. The molecule has 1 aromatic rings. The van der Waals surface area contributed by atoms with Gasteiger partial charge in [0.2, 0.25) is 0 Å². The lowest BCUT2D eigenvalue weighted by Gasteiger charge is -2.34. The Labute approximate surface area is 123 Å². The highest BCUT2D eigenvalue weighted by molar-refractivity contribution is 9.11. The van der Waals surface area contributed by atoms with E-state index in [4.69, 9.17) is 0 Å². The molecule has 0 aliphatic heterocycles. The Morgan fingerprint density at radius 1 is 1.33 bits per heavy atom. The van der Waals surface area contributed by atoms with E-state index in [0.29, 0.717) is 5.69 Å². The van der Waals surface area contributed by atoms with Crippen molar-refractivity contribution in [2.75, 3.05) is 0 Å². The van der Waals surface area contributed by atoms with Crippen LogP contribution in [-0.4, -0.2) is 10.1 Å². The second-order valence-electron chi connectivity index (χ2n) is 4.75. The molecule has 1 aliphatic rings. The van der Waals surface area contributed by atoms with Gasteiger partial charge >= 0.3 is 0 Å². The predicted octanol–water partition coefficient (Wildman–Crippen LogP) is 4.11. The minimum atomic E-state index is -0.828. The van der Waals surface area contributed by atoms with E-state index >= 15 is 0 Å². The van der Waals surface area contributed by atoms with E-state index in [-0.39, 0.29) is 0 Å². The molecule has 2 rings (SSSR count). The van der Waals surface area contributed by atoms with Crippen LogP contribution < -0.4 is 0 Å². The van der Waals surface area contributed by atoms with E-state index in [0.717, 1.165) is 41.0 Å².